The number of anilines is 1. The average Bonchev–Trinajstić information content (AvgIpc) is 3.50. The largest absolute Gasteiger partial charge is 0.481 e. The van der Waals surface area contributed by atoms with Gasteiger partial charge in [0, 0.05) is 17.0 Å². The molecule has 0 saturated heterocycles. The zero-order valence-corrected chi connectivity index (χ0v) is 22.5. The number of unbranched alkanes of at least 4 members (excludes halogenated alkanes) is 3. The summed E-state index contributed by atoms with van der Waals surface area (Å²) in [6.45, 7) is 3.62. The number of rotatable bonds is 15. The molecule has 0 spiro atoms. The minimum atomic E-state index is -1.04. The first-order chi connectivity index (χ1) is 18.2. The summed E-state index contributed by atoms with van der Waals surface area (Å²) in [5, 5.41) is 12.1. The number of esters is 1. The van der Waals surface area contributed by atoms with Gasteiger partial charge in [0.1, 0.15) is 11.7 Å². The molecule has 2 atom stereocenters. The fraction of sp³-hybridized carbons (Fsp3) is 0.500. The Hall–Kier alpha value is -3.67. The summed E-state index contributed by atoms with van der Waals surface area (Å²) in [5.41, 5.74) is 6.79. The van der Waals surface area contributed by atoms with Gasteiger partial charge < -0.3 is 25.9 Å². The van der Waals surface area contributed by atoms with E-state index in [1.807, 2.05) is 19.1 Å². The second-order valence-electron chi connectivity index (χ2n) is 9.30. The number of carboxylic acid groups (broad SMARTS) is 1. The van der Waals surface area contributed by atoms with Gasteiger partial charge in [0.05, 0.1) is 16.4 Å². The van der Waals surface area contributed by atoms with E-state index in [9.17, 15) is 19.2 Å². The highest BCUT2D eigenvalue weighted by molar-refractivity contribution is 7.14. The molecule has 3 aromatic rings. The van der Waals surface area contributed by atoms with Gasteiger partial charge in [-0.05, 0) is 63.6 Å². The molecule has 206 valence electrons. The van der Waals surface area contributed by atoms with Crippen LogP contribution in [0, 0.1) is 0 Å². The first-order valence-electron chi connectivity index (χ1n) is 12.9. The number of amides is 1. The maximum Gasteiger partial charge on any atom is 0.328 e. The molecule has 0 bridgehead atoms. The minimum absolute atomic E-state index is 0.0336. The van der Waals surface area contributed by atoms with Gasteiger partial charge in [-0.1, -0.05) is 19.8 Å². The van der Waals surface area contributed by atoms with E-state index in [0.29, 0.717) is 22.3 Å². The van der Waals surface area contributed by atoms with Gasteiger partial charge in [0.25, 0.3) is 11.5 Å². The Kier molecular flexibility index (Phi) is 10.5. The molecule has 0 saturated carbocycles. The first-order valence-corrected chi connectivity index (χ1v) is 13.7. The summed E-state index contributed by atoms with van der Waals surface area (Å²) in [7, 11) is 0. The number of aliphatic carboxylic acids is 1. The number of aryl methyl sites for hydroxylation is 2. The van der Waals surface area contributed by atoms with E-state index >= 15 is 0 Å². The van der Waals surface area contributed by atoms with Crippen molar-refractivity contribution in [3.8, 4) is 0 Å². The van der Waals surface area contributed by atoms with Gasteiger partial charge in [-0.15, -0.1) is 11.3 Å². The Balaban J connectivity index is 1.42. The van der Waals surface area contributed by atoms with Crippen molar-refractivity contribution < 1.29 is 24.2 Å². The number of aromatic nitrogens is 3. The predicted octanol–water partition coefficient (Wildman–Crippen LogP) is 3.55. The Morgan fingerprint density at radius 1 is 1.16 bits per heavy atom. The van der Waals surface area contributed by atoms with Crippen molar-refractivity contribution in [1.29, 1.82) is 0 Å². The maximum absolute atomic E-state index is 12.7. The molecular weight excluding hydrogens is 510 g/mol. The number of nitrogens with two attached hydrogens (primary N) is 1. The Labute approximate surface area is 224 Å². The monoisotopic (exact) mass is 545 g/mol. The lowest BCUT2D eigenvalue weighted by Crippen LogP contribution is -2.42. The van der Waals surface area contributed by atoms with Crippen LogP contribution in [0.2, 0.25) is 0 Å². The molecule has 11 nitrogen and oxygen atoms in total. The SMILES string of the molecule is CCC(C)OC(=O)C(CCC(=O)O)NC(=O)c1ccc(CCCCCCc2cc3c(=O)[nH]c(N)nc3[nH]2)s1. The van der Waals surface area contributed by atoms with Crippen molar-refractivity contribution in [2.75, 3.05) is 5.73 Å². The standard InChI is InChI=1S/C26H35N5O6S/c1-3-15(2)37-25(36)19(11-13-21(32)33)29-24(35)20-12-10-17(38-20)9-7-5-4-6-8-16-14-18-22(28-16)30-26(27)31-23(18)34/h10,12,14-15,19H,3-9,11,13H2,1-2H3,(H,29,35)(H,32,33)(H4,27,28,30,31,34). The van der Waals surface area contributed by atoms with Crippen LogP contribution in [0.5, 0.6) is 0 Å². The maximum atomic E-state index is 12.7. The highest BCUT2D eigenvalue weighted by atomic mass is 32.1. The molecule has 0 aromatic carbocycles. The number of H-pyrrole nitrogens is 2. The molecule has 38 heavy (non-hydrogen) atoms. The van der Waals surface area contributed by atoms with E-state index in [4.69, 9.17) is 15.6 Å². The molecule has 3 aromatic heterocycles. The fourth-order valence-electron chi connectivity index (χ4n) is 3.94. The van der Waals surface area contributed by atoms with Crippen LogP contribution in [0.1, 0.15) is 79.0 Å². The normalized spacial score (nSPS) is 12.8. The number of nitrogen functional groups attached to an aromatic ring is 1. The van der Waals surface area contributed by atoms with E-state index in [-0.39, 0.29) is 30.5 Å². The topological polar surface area (TPSA) is 180 Å². The van der Waals surface area contributed by atoms with Gasteiger partial charge >= 0.3 is 11.9 Å². The number of nitrogens with one attached hydrogen (secondary N) is 3. The molecular formula is C26H35N5O6S. The number of carbonyl (C=O) groups excluding carboxylic acids is 2. The van der Waals surface area contributed by atoms with Gasteiger partial charge in [0.2, 0.25) is 5.95 Å². The van der Waals surface area contributed by atoms with Gasteiger partial charge in [-0.25, -0.2) is 4.79 Å². The molecule has 0 aliphatic carbocycles. The summed E-state index contributed by atoms with van der Waals surface area (Å²) in [4.78, 5) is 59.4. The molecule has 12 heteroatoms. The van der Waals surface area contributed by atoms with Gasteiger partial charge in [-0.2, -0.15) is 4.98 Å². The zero-order valence-electron chi connectivity index (χ0n) is 21.7. The summed E-state index contributed by atoms with van der Waals surface area (Å²) in [6, 6.07) is 4.43. The average molecular weight is 546 g/mol. The van der Waals surface area contributed by atoms with Crippen LogP contribution in [0.3, 0.4) is 0 Å². The third-order valence-corrected chi connectivity index (χ3v) is 7.35. The van der Waals surface area contributed by atoms with Crippen LogP contribution in [0.4, 0.5) is 5.95 Å². The summed E-state index contributed by atoms with van der Waals surface area (Å²) in [6.07, 6.45) is 5.63. The van der Waals surface area contributed by atoms with E-state index in [2.05, 4.69) is 20.3 Å². The van der Waals surface area contributed by atoms with Crippen molar-refractivity contribution in [1.82, 2.24) is 20.3 Å². The number of thiophene rings is 1. The predicted molar refractivity (Wildman–Crippen MR) is 145 cm³/mol. The molecule has 0 fully saturated rings. The van der Waals surface area contributed by atoms with Crippen LogP contribution in [-0.4, -0.2) is 50.1 Å². The number of carboxylic acids is 1. The lowest BCUT2D eigenvalue weighted by molar-refractivity contribution is -0.151. The van der Waals surface area contributed by atoms with Gasteiger partial charge in [-0.3, -0.25) is 19.4 Å². The Morgan fingerprint density at radius 3 is 2.61 bits per heavy atom. The summed E-state index contributed by atoms with van der Waals surface area (Å²) in [5.74, 6) is -1.98. The van der Waals surface area contributed by atoms with E-state index in [1.54, 1.807) is 13.0 Å². The van der Waals surface area contributed by atoms with Crippen molar-refractivity contribution in [2.45, 2.75) is 83.8 Å². The Bertz CT molecular complexity index is 1310. The molecule has 3 rings (SSSR count). The smallest absolute Gasteiger partial charge is 0.328 e. The number of ether oxygens (including phenoxy) is 1. The van der Waals surface area contributed by atoms with Crippen molar-refractivity contribution in [3.05, 3.63) is 44.0 Å². The quantitative estimate of drug-likeness (QED) is 0.142. The van der Waals surface area contributed by atoms with E-state index in [0.717, 1.165) is 49.1 Å². The van der Waals surface area contributed by atoms with E-state index < -0.39 is 23.9 Å². The highest BCUT2D eigenvalue weighted by Crippen LogP contribution is 2.20. The molecule has 0 aliphatic heterocycles. The highest BCUT2D eigenvalue weighted by Gasteiger charge is 2.25. The first kappa shape index (κ1) is 28.9. The number of fused-ring (bicyclic) bond motifs is 1. The second-order valence-corrected chi connectivity index (χ2v) is 10.5. The molecule has 2 unspecified atom stereocenters. The lowest BCUT2D eigenvalue weighted by atomic mass is 10.1. The molecule has 0 radical (unpaired) electrons. The van der Waals surface area contributed by atoms with Crippen LogP contribution in [0.25, 0.3) is 11.0 Å². The number of hydrogen-bond acceptors (Lipinski definition) is 8. The number of aromatic amines is 2. The Morgan fingerprint density at radius 2 is 1.89 bits per heavy atom. The van der Waals surface area contributed by atoms with Gasteiger partial charge in [0.15, 0.2) is 0 Å². The summed E-state index contributed by atoms with van der Waals surface area (Å²) < 4.78 is 5.31. The van der Waals surface area contributed by atoms with Crippen molar-refractivity contribution in [3.63, 3.8) is 0 Å². The molecule has 3 heterocycles. The molecule has 0 aliphatic rings. The number of hydrogen-bond donors (Lipinski definition) is 5. The van der Waals surface area contributed by atoms with E-state index in [1.165, 1.54) is 11.3 Å². The number of carbonyl (C=O) groups is 3. The van der Waals surface area contributed by atoms with Crippen LogP contribution in [-0.2, 0) is 27.2 Å². The third-order valence-electron chi connectivity index (χ3n) is 6.20. The molecule has 1 amide bonds. The van der Waals surface area contributed by atoms with Crippen LogP contribution in [0.15, 0.2) is 23.0 Å². The number of nitrogens with zero attached hydrogens (tertiary/aromatic N) is 1. The van der Waals surface area contributed by atoms with Crippen molar-refractivity contribution in [2.24, 2.45) is 0 Å². The fourth-order valence-corrected chi connectivity index (χ4v) is 4.89. The minimum Gasteiger partial charge on any atom is -0.481 e. The van der Waals surface area contributed by atoms with Crippen molar-refractivity contribution >= 4 is 46.2 Å². The van der Waals surface area contributed by atoms with Crippen LogP contribution < -0.4 is 16.6 Å². The summed E-state index contributed by atoms with van der Waals surface area (Å²) >= 11 is 1.37. The third kappa shape index (κ3) is 8.44. The molecule has 6 N–H and O–H groups in total. The zero-order chi connectivity index (χ0) is 27.7. The second kappa shape index (κ2) is 13.8. The van der Waals surface area contributed by atoms with Crippen LogP contribution >= 0.6 is 11.3 Å². The lowest BCUT2D eigenvalue weighted by Gasteiger charge is -2.19.